The first-order valence-corrected chi connectivity index (χ1v) is 14.4. The first-order chi connectivity index (χ1) is 15.7. The highest BCUT2D eigenvalue weighted by atomic mass is 16.6. The van der Waals surface area contributed by atoms with Crippen molar-refractivity contribution in [3.8, 4) is 0 Å². The molecule has 0 spiro atoms. The fourth-order valence-electron chi connectivity index (χ4n) is 11.5. The molecule has 0 aromatic rings. The molecule has 0 aromatic heterocycles. The van der Waals surface area contributed by atoms with Crippen LogP contribution >= 0.6 is 0 Å². The van der Waals surface area contributed by atoms with Gasteiger partial charge in [-0.15, -0.1) is 0 Å². The predicted molar refractivity (Wildman–Crippen MR) is 135 cm³/mol. The molecule has 6 rings (SSSR count). The van der Waals surface area contributed by atoms with Crippen LogP contribution in [0.1, 0.15) is 107 Å². The Morgan fingerprint density at radius 2 is 1.59 bits per heavy atom. The SMILES string of the molecule is C[C@H]1[C@H](C)CC[C@]2(C)CC[C@]3(C)C(=C4OC(=O)C4[C@@H]4[C@@]5(C)CC[C@H](O)C(C)(C)C5CC[C@]43C)[C@H]12. The van der Waals surface area contributed by atoms with Gasteiger partial charge in [0.25, 0.3) is 0 Å². The number of hydrogen-bond acceptors (Lipinski definition) is 3. The lowest BCUT2D eigenvalue weighted by molar-refractivity contribution is -0.240. The van der Waals surface area contributed by atoms with Crippen LogP contribution in [0.3, 0.4) is 0 Å². The number of carbonyl (C=O) groups excluding carboxylic acids is 1. The summed E-state index contributed by atoms with van der Waals surface area (Å²) in [6.45, 7) is 19.7. The molecule has 1 N–H and O–H groups in total. The van der Waals surface area contributed by atoms with Gasteiger partial charge in [-0.3, -0.25) is 4.79 Å². The summed E-state index contributed by atoms with van der Waals surface area (Å²) in [6.07, 6.45) is 9.13. The molecule has 0 aromatic carbocycles. The Hall–Kier alpha value is -0.830. The largest absolute Gasteiger partial charge is 0.430 e. The van der Waals surface area contributed by atoms with Crippen LogP contribution in [0.2, 0.25) is 0 Å². The van der Waals surface area contributed by atoms with Gasteiger partial charge >= 0.3 is 5.97 Å². The second kappa shape index (κ2) is 6.73. The maximum absolute atomic E-state index is 13.4. The highest BCUT2D eigenvalue weighted by Gasteiger charge is 2.74. The lowest BCUT2D eigenvalue weighted by atomic mass is 9.31. The maximum Gasteiger partial charge on any atom is 0.322 e. The monoisotopic (exact) mass is 468 g/mol. The molecule has 5 fully saturated rings. The molecule has 1 saturated heterocycles. The van der Waals surface area contributed by atoms with Gasteiger partial charge in [-0.25, -0.2) is 0 Å². The van der Waals surface area contributed by atoms with E-state index in [1.54, 1.807) is 5.57 Å². The summed E-state index contributed by atoms with van der Waals surface area (Å²) in [5.74, 6) is 3.75. The molecule has 6 aliphatic rings. The second-order valence-electron chi connectivity index (χ2n) is 15.4. The van der Waals surface area contributed by atoms with Gasteiger partial charge in [0.2, 0.25) is 0 Å². The third kappa shape index (κ3) is 2.47. The number of rotatable bonds is 0. The number of esters is 1. The fourth-order valence-corrected chi connectivity index (χ4v) is 11.5. The molecule has 0 radical (unpaired) electrons. The Balaban J connectivity index is 1.55. The molecule has 1 heterocycles. The van der Waals surface area contributed by atoms with Gasteiger partial charge in [-0.2, -0.15) is 0 Å². The fraction of sp³-hybridized carbons (Fsp3) is 0.903. The standard InChI is InChI=1S/C31H48O3/c1-17-9-12-28(5)15-16-30(7)23(22(28)18(17)2)24-21(26(33)34-24)25-29(6)13-11-20(32)27(3,4)19(29)10-14-31(25,30)8/h17-22,25,32H,9-16H2,1-8H3/t17-,18+,19?,20+,21?,22+,25-,28-,29+,30-,31-/m1/s1. The summed E-state index contributed by atoms with van der Waals surface area (Å²) < 4.78 is 6.14. The van der Waals surface area contributed by atoms with Gasteiger partial charge in [-0.05, 0) is 114 Å². The summed E-state index contributed by atoms with van der Waals surface area (Å²) in [5.41, 5.74) is 2.05. The Bertz CT molecular complexity index is 964. The van der Waals surface area contributed by atoms with Crippen molar-refractivity contribution in [2.75, 3.05) is 0 Å². The normalized spacial score (nSPS) is 57.8. The minimum absolute atomic E-state index is 0.0374. The first-order valence-electron chi connectivity index (χ1n) is 14.4. The van der Waals surface area contributed by atoms with E-state index in [0.29, 0.717) is 29.1 Å². The Morgan fingerprint density at radius 1 is 0.882 bits per heavy atom. The smallest absolute Gasteiger partial charge is 0.322 e. The van der Waals surface area contributed by atoms with Crippen LogP contribution in [0.5, 0.6) is 0 Å². The molecule has 190 valence electrons. The van der Waals surface area contributed by atoms with Gasteiger partial charge in [-0.1, -0.05) is 55.4 Å². The van der Waals surface area contributed by atoms with E-state index in [2.05, 4.69) is 55.4 Å². The molecular formula is C31H48O3. The van der Waals surface area contributed by atoms with Crippen LogP contribution in [0.15, 0.2) is 11.3 Å². The highest BCUT2D eigenvalue weighted by molar-refractivity contribution is 5.85. The molecule has 2 unspecified atom stereocenters. The van der Waals surface area contributed by atoms with Gasteiger partial charge in [0.05, 0.1) is 6.10 Å². The minimum Gasteiger partial charge on any atom is -0.430 e. The number of fused-ring (bicyclic) bond motifs is 9. The van der Waals surface area contributed by atoms with E-state index in [1.165, 1.54) is 38.5 Å². The molecule has 3 heteroatoms. The van der Waals surface area contributed by atoms with Crippen LogP contribution in [-0.4, -0.2) is 17.2 Å². The van der Waals surface area contributed by atoms with Crippen molar-refractivity contribution in [1.82, 2.24) is 0 Å². The zero-order valence-corrected chi connectivity index (χ0v) is 23.0. The lowest BCUT2D eigenvalue weighted by Crippen LogP contribution is -2.70. The minimum atomic E-state index is -0.243. The van der Waals surface area contributed by atoms with Crippen LogP contribution in [0, 0.1) is 62.6 Å². The summed E-state index contributed by atoms with van der Waals surface area (Å²) >= 11 is 0. The molecule has 0 bridgehead atoms. The van der Waals surface area contributed by atoms with Crippen LogP contribution < -0.4 is 0 Å². The van der Waals surface area contributed by atoms with Crippen molar-refractivity contribution < 1.29 is 14.6 Å². The zero-order valence-electron chi connectivity index (χ0n) is 23.0. The Kier molecular flexibility index (Phi) is 4.66. The highest BCUT2D eigenvalue weighted by Crippen LogP contribution is 2.78. The summed E-state index contributed by atoms with van der Waals surface area (Å²) in [7, 11) is 0. The number of ether oxygens (including phenoxy) is 1. The van der Waals surface area contributed by atoms with Gasteiger partial charge in [0.15, 0.2) is 0 Å². The predicted octanol–water partition coefficient (Wildman–Crippen LogP) is 7.14. The molecule has 11 atom stereocenters. The van der Waals surface area contributed by atoms with Crippen molar-refractivity contribution in [3.05, 3.63) is 11.3 Å². The molecular weight excluding hydrogens is 420 g/mol. The van der Waals surface area contributed by atoms with E-state index >= 15 is 0 Å². The van der Waals surface area contributed by atoms with Gasteiger partial charge in [0, 0.05) is 0 Å². The van der Waals surface area contributed by atoms with Crippen molar-refractivity contribution in [3.63, 3.8) is 0 Å². The van der Waals surface area contributed by atoms with E-state index in [0.717, 1.165) is 24.5 Å². The summed E-state index contributed by atoms with van der Waals surface area (Å²) in [6, 6.07) is 0. The van der Waals surface area contributed by atoms with E-state index in [1.807, 2.05) is 0 Å². The molecule has 0 amide bonds. The molecule has 5 aliphatic carbocycles. The average Bonchev–Trinajstić information content (AvgIpc) is 2.76. The van der Waals surface area contributed by atoms with Crippen molar-refractivity contribution in [2.45, 2.75) is 113 Å². The van der Waals surface area contributed by atoms with Crippen molar-refractivity contribution >= 4 is 5.97 Å². The Morgan fingerprint density at radius 3 is 2.26 bits per heavy atom. The maximum atomic E-state index is 13.4. The van der Waals surface area contributed by atoms with E-state index in [4.69, 9.17) is 4.74 Å². The number of allylic oxidation sites excluding steroid dienone is 1. The van der Waals surface area contributed by atoms with E-state index < -0.39 is 0 Å². The van der Waals surface area contributed by atoms with Crippen molar-refractivity contribution in [2.24, 2.45) is 62.6 Å². The number of aliphatic hydroxyl groups excluding tert-OH is 1. The first kappa shape index (κ1) is 23.6. The van der Waals surface area contributed by atoms with E-state index in [9.17, 15) is 9.90 Å². The number of aliphatic hydroxyl groups is 1. The third-order valence-electron chi connectivity index (χ3n) is 13.9. The molecule has 3 nitrogen and oxygen atoms in total. The lowest BCUT2D eigenvalue weighted by Gasteiger charge is -2.73. The third-order valence-corrected chi connectivity index (χ3v) is 13.9. The van der Waals surface area contributed by atoms with Gasteiger partial charge < -0.3 is 9.84 Å². The topological polar surface area (TPSA) is 46.5 Å². The molecule has 4 saturated carbocycles. The molecule has 34 heavy (non-hydrogen) atoms. The van der Waals surface area contributed by atoms with Crippen molar-refractivity contribution in [1.29, 1.82) is 0 Å². The summed E-state index contributed by atoms with van der Waals surface area (Å²) in [5, 5.41) is 11.0. The summed E-state index contributed by atoms with van der Waals surface area (Å²) in [4.78, 5) is 13.4. The molecule has 1 aliphatic heterocycles. The Labute approximate surface area is 207 Å². The van der Waals surface area contributed by atoms with E-state index in [-0.39, 0.29) is 39.7 Å². The average molecular weight is 469 g/mol. The zero-order chi connectivity index (χ0) is 24.6. The second-order valence-corrected chi connectivity index (χ2v) is 15.4. The number of carbonyl (C=O) groups is 1. The quantitative estimate of drug-likeness (QED) is 0.384. The van der Waals surface area contributed by atoms with Crippen LogP contribution in [-0.2, 0) is 9.53 Å². The van der Waals surface area contributed by atoms with Crippen LogP contribution in [0.4, 0.5) is 0 Å². The number of hydrogen-bond donors (Lipinski definition) is 1. The van der Waals surface area contributed by atoms with Crippen LogP contribution in [0.25, 0.3) is 0 Å². The van der Waals surface area contributed by atoms with Gasteiger partial charge in [0.1, 0.15) is 11.7 Å².